The van der Waals surface area contributed by atoms with Crippen LogP contribution in [-0.4, -0.2) is 33.6 Å². The van der Waals surface area contributed by atoms with Gasteiger partial charge in [-0.25, -0.2) is 9.78 Å². The molecule has 0 aromatic carbocycles. The van der Waals surface area contributed by atoms with Crippen molar-refractivity contribution in [2.24, 2.45) is 7.05 Å². The van der Waals surface area contributed by atoms with Crippen LogP contribution in [0.15, 0.2) is 6.20 Å². The first-order chi connectivity index (χ1) is 8.93. The summed E-state index contributed by atoms with van der Waals surface area (Å²) in [7, 11) is 3.07. The van der Waals surface area contributed by atoms with Gasteiger partial charge >= 0.3 is 5.97 Å². The predicted molar refractivity (Wildman–Crippen MR) is 70.4 cm³/mol. The Balaban J connectivity index is 2.58. The van der Waals surface area contributed by atoms with E-state index in [-0.39, 0.29) is 11.5 Å². The molecule has 100 valence electrons. The number of aromatic nitrogens is 3. The molecular formula is C12H13N3O3S. The van der Waals surface area contributed by atoms with Gasteiger partial charge < -0.3 is 4.74 Å². The lowest BCUT2D eigenvalue weighted by molar-refractivity contribution is 0.0591. The third-order valence-corrected chi connectivity index (χ3v) is 3.76. The number of ketones is 1. The third kappa shape index (κ3) is 2.41. The van der Waals surface area contributed by atoms with Crippen molar-refractivity contribution < 1.29 is 14.3 Å². The van der Waals surface area contributed by atoms with E-state index < -0.39 is 5.97 Å². The molecule has 0 N–H and O–H groups in total. The number of hydrogen-bond acceptors (Lipinski definition) is 6. The number of hydrogen-bond donors (Lipinski definition) is 0. The highest BCUT2D eigenvalue weighted by Crippen LogP contribution is 2.30. The van der Waals surface area contributed by atoms with Crippen LogP contribution in [0.2, 0.25) is 0 Å². The second kappa shape index (κ2) is 4.93. The summed E-state index contributed by atoms with van der Waals surface area (Å²) in [4.78, 5) is 27.7. The van der Waals surface area contributed by atoms with Crippen molar-refractivity contribution >= 4 is 23.1 Å². The Morgan fingerprint density at radius 2 is 2.11 bits per heavy atom. The maximum atomic E-state index is 11.6. The molecule has 0 atom stereocenters. The molecule has 2 aromatic heterocycles. The molecule has 7 heteroatoms. The van der Waals surface area contributed by atoms with Gasteiger partial charge in [-0.2, -0.15) is 5.10 Å². The molecule has 6 nitrogen and oxygen atoms in total. The van der Waals surface area contributed by atoms with Crippen LogP contribution >= 0.6 is 11.3 Å². The van der Waals surface area contributed by atoms with Crippen LogP contribution in [0.25, 0.3) is 10.6 Å². The Bertz CT molecular complexity index is 657. The summed E-state index contributed by atoms with van der Waals surface area (Å²) in [5.74, 6) is -0.806. The fourth-order valence-electron chi connectivity index (χ4n) is 1.72. The second-order valence-electron chi connectivity index (χ2n) is 4.05. The normalized spacial score (nSPS) is 10.5. The fourth-order valence-corrected chi connectivity index (χ4v) is 2.73. The van der Waals surface area contributed by atoms with Crippen LogP contribution < -0.4 is 0 Å². The number of ether oxygens (including phenoxy) is 1. The van der Waals surface area contributed by atoms with Gasteiger partial charge in [0.25, 0.3) is 0 Å². The first kappa shape index (κ1) is 13.4. The van der Waals surface area contributed by atoms with Gasteiger partial charge in [0.05, 0.1) is 18.4 Å². The van der Waals surface area contributed by atoms with E-state index >= 15 is 0 Å². The lowest BCUT2D eigenvalue weighted by atomic mass is 10.2. The maximum absolute atomic E-state index is 11.6. The quantitative estimate of drug-likeness (QED) is 0.633. The molecule has 0 aliphatic heterocycles. The van der Waals surface area contributed by atoms with E-state index in [0.29, 0.717) is 9.88 Å². The Hall–Kier alpha value is -2.02. The molecule has 0 spiro atoms. The van der Waals surface area contributed by atoms with Gasteiger partial charge in [0.2, 0.25) is 0 Å². The van der Waals surface area contributed by atoms with E-state index in [1.807, 2.05) is 6.92 Å². The van der Waals surface area contributed by atoms with Crippen LogP contribution in [0.5, 0.6) is 0 Å². The zero-order valence-electron chi connectivity index (χ0n) is 11.1. The summed E-state index contributed by atoms with van der Waals surface area (Å²) in [6.45, 7) is 3.25. The molecule has 2 rings (SSSR count). The number of methoxy groups -OCH3 is 1. The van der Waals surface area contributed by atoms with Crippen LogP contribution in [0.4, 0.5) is 0 Å². The van der Waals surface area contributed by atoms with Gasteiger partial charge in [-0.1, -0.05) is 0 Å². The van der Waals surface area contributed by atoms with Gasteiger partial charge in [0, 0.05) is 20.2 Å². The van der Waals surface area contributed by atoms with Crippen LogP contribution in [0.1, 0.15) is 32.8 Å². The number of aryl methyl sites for hydroxylation is 2. The molecular weight excluding hydrogens is 266 g/mol. The van der Waals surface area contributed by atoms with Crippen molar-refractivity contribution in [2.45, 2.75) is 13.8 Å². The zero-order valence-corrected chi connectivity index (χ0v) is 11.9. The predicted octanol–water partition coefficient (Wildman–Crippen LogP) is 1.84. The summed E-state index contributed by atoms with van der Waals surface area (Å²) in [6.07, 6.45) is 1.80. The third-order valence-electron chi connectivity index (χ3n) is 2.57. The summed E-state index contributed by atoms with van der Waals surface area (Å²) in [6, 6.07) is 0. The molecule has 0 unspecified atom stereocenters. The van der Waals surface area contributed by atoms with E-state index in [0.717, 1.165) is 11.3 Å². The summed E-state index contributed by atoms with van der Waals surface area (Å²) in [5, 5.41) is 4.81. The molecule has 0 radical (unpaired) electrons. The van der Waals surface area contributed by atoms with Gasteiger partial charge in [0.1, 0.15) is 9.88 Å². The van der Waals surface area contributed by atoms with Crippen LogP contribution in [0, 0.1) is 6.92 Å². The van der Waals surface area contributed by atoms with Gasteiger partial charge in [-0.3, -0.25) is 9.48 Å². The highest BCUT2D eigenvalue weighted by molar-refractivity contribution is 7.17. The molecule has 0 amide bonds. The smallest absolute Gasteiger partial charge is 0.358 e. The highest BCUT2D eigenvalue weighted by atomic mass is 32.1. The number of nitrogens with zero attached hydrogens (tertiary/aromatic N) is 3. The zero-order chi connectivity index (χ0) is 14.2. The molecule has 0 saturated carbocycles. The minimum absolute atomic E-state index is 0.0678. The first-order valence-corrected chi connectivity index (χ1v) is 6.36. The SMILES string of the molecule is COC(=O)c1nc(-c2cn(C)nc2C)sc1C(C)=O. The van der Waals surface area contributed by atoms with Crippen molar-refractivity contribution in [3.8, 4) is 10.6 Å². The monoisotopic (exact) mass is 279 g/mol. The van der Waals surface area contributed by atoms with Gasteiger partial charge in [0.15, 0.2) is 11.5 Å². The maximum Gasteiger partial charge on any atom is 0.358 e. The number of thiazole rings is 1. The largest absolute Gasteiger partial charge is 0.464 e. The Morgan fingerprint density at radius 1 is 1.42 bits per heavy atom. The molecule has 2 aromatic rings. The van der Waals surface area contributed by atoms with Gasteiger partial charge in [-0.15, -0.1) is 11.3 Å². The average molecular weight is 279 g/mol. The van der Waals surface area contributed by atoms with Crippen LogP contribution in [0.3, 0.4) is 0 Å². The van der Waals surface area contributed by atoms with Crippen molar-refractivity contribution in [3.05, 3.63) is 22.5 Å². The first-order valence-electron chi connectivity index (χ1n) is 5.54. The number of carbonyl (C=O) groups is 2. The molecule has 19 heavy (non-hydrogen) atoms. The summed E-state index contributed by atoms with van der Waals surface area (Å²) < 4.78 is 6.31. The topological polar surface area (TPSA) is 74.1 Å². The number of carbonyl (C=O) groups excluding carboxylic acids is 2. The Kier molecular flexibility index (Phi) is 3.48. The number of Topliss-reactive ketones (excluding diaryl/α,β-unsaturated/α-hetero) is 1. The molecule has 0 aliphatic rings. The molecule has 0 saturated heterocycles. The van der Waals surface area contributed by atoms with Crippen LogP contribution in [-0.2, 0) is 11.8 Å². The van der Waals surface area contributed by atoms with E-state index in [2.05, 4.69) is 14.8 Å². The Morgan fingerprint density at radius 3 is 2.58 bits per heavy atom. The fraction of sp³-hybridized carbons (Fsp3) is 0.333. The molecule has 2 heterocycles. The standard InChI is InChI=1S/C12H13N3O3S/c1-6-8(5-15(3)14-6)11-13-9(12(17)18-4)10(19-11)7(2)16/h5H,1-4H3. The lowest BCUT2D eigenvalue weighted by Gasteiger charge is -1.95. The van der Waals surface area contributed by atoms with E-state index in [9.17, 15) is 9.59 Å². The van der Waals surface area contributed by atoms with Crippen molar-refractivity contribution in [1.82, 2.24) is 14.8 Å². The lowest BCUT2D eigenvalue weighted by Crippen LogP contribution is -2.06. The van der Waals surface area contributed by atoms with Crippen molar-refractivity contribution in [1.29, 1.82) is 0 Å². The van der Waals surface area contributed by atoms with Crippen molar-refractivity contribution in [3.63, 3.8) is 0 Å². The van der Waals surface area contributed by atoms with E-state index in [4.69, 9.17) is 0 Å². The average Bonchev–Trinajstić information content (AvgIpc) is 2.91. The molecule has 0 fully saturated rings. The minimum Gasteiger partial charge on any atom is -0.464 e. The molecule has 0 aliphatic carbocycles. The second-order valence-corrected chi connectivity index (χ2v) is 5.05. The highest BCUT2D eigenvalue weighted by Gasteiger charge is 2.23. The summed E-state index contributed by atoms with van der Waals surface area (Å²) in [5.41, 5.74) is 1.67. The van der Waals surface area contributed by atoms with Gasteiger partial charge in [-0.05, 0) is 6.92 Å². The number of esters is 1. The van der Waals surface area contributed by atoms with E-state index in [1.165, 1.54) is 25.4 Å². The molecule has 0 bridgehead atoms. The van der Waals surface area contributed by atoms with E-state index in [1.54, 1.807) is 17.9 Å². The Labute approximate surface area is 114 Å². The summed E-state index contributed by atoms with van der Waals surface area (Å²) >= 11 is 1.18. The van der Waals surface area contributed by atoms with Crippen molar-refractivity contribution in [2.75, 3.05) is 7.11 Å². The number of rotatable bonds is 3. The minimum atomic E-state index is -0.603.